The molecule has 5 nitrogen and oxygen atoms in total. The lowest BCUT2D eigenvalue weighted by Gasteiger charge is -2.18. The average molecular weight is 331 g/mol. The summed E-state index contributed by atoms with van der Waals surface area (Å²) in [5.74, 6) is 0.706. The zero-order valence-corrected chi connectivity index (χ0v) is 12.8. The molecule has 0 bridgehead atoms. The summed E-state index contributed by atoms with van der Waals surface area (Å²) >= 11 is 3.37. The fraction of sp³-hybridized carbons (Fsp3) is 0.462. The van der Waals surface area contributed by atoms with Crippen molar-refractivity contribution in [3.05, 3.63) is 28.2 Å². The van der Waals surface area contributed by atoms with Crippen LogP contribution in [-0.2, 0) is 0 Å². The summed E-state index contributed by atoms with van der Waals surface area (Å²) in [5, 5.41) is 14.5. The highest BCUT2D eigenvalue weighted by Crippen LogP contribution is 2.28. The number of hydrogen-bond acceptors (Lipinski definition) is 3. The van der Waals surface area contributed by atoms with E-state index in [2.05, 4.69) is 26.6 Å². The molecule has 1 unspecified atom stereocenters. The van der Waals surface area contributed by atoms with Gasteiger partial charge in [0.2, 0.25) is 0 Å². The fourth-order valence-electron chi connectivity index (χ4n) is 1.61. The maximum atomic E-state index is 11.6. The van der Waals surface area contributed by atoms with Gasteiger partial charge >= 0.3 is 6.03 Å². The first-order valence-corrected chi connectivity index (χ1v) is 6.79. The second-order valence-corrected chi connectivity index (χ2v) is 5.23. The Bertz CT molecular complexity index is 438. The first kappa shape index (κ1) is 15.8. The van der Waals surface area contributed by atoms with E-state index in [4.69, 9.17) is 9.84 Å². The molecule has 1 rings (SSSR count). The van der Waals surface area contributed by atoms with Crippen molar-refractivity contribution >= 4 is 22.0 Å². The van der Waals surface area contributed by atoms with Crippen LogP contribution in [0.4, 0.5) is 4.79 Å². The largest absolute Gasteiger partial charge is 0.496 e. The quantitative estimate of drug-likeness (QED) is 0.775. The van der Waals surface area contributed by atoms with Crippen molar-refractivity contribution < 1.29 is 14.6 Å². The number of carbonyl (C=O) groups excluding carboxylic acids is 1. The Balaban J connectivity index is 2.67. The molecule has 1 aromatic carbocycles. The second kappa shape index (κ2) is 7.35. The molecule has 0 radical (unpaired) electrons. The van der Waals surface area contributed by atoms with E-state index in [9.17, 15) is 4.79 Å². The molecule has 0 spiro atoms. The van der Waals surface area contributed by atoms with Gasteiger partial charge in [0, 0.05) is 16.6 Å². The molecule has 106 valence electrons. The fourth-order valence-corrected chi connectivity index (χ4v) is 1.95. The summed E-state index contributed by atoms with van der Waals surface area (Å²) in [6.07, 6.45) is -0.566. The predicted molar refractivity (Wildman–Crippen MR) is 77.3 cm³/mol. The number of amides is 2. The van der Waals surface area contributed by atoms with Crippen LogP contribution in [0.5, 0.6) is 5.75 Å². The highest BCUT2D eigenvalue weighted by molar-refractivity contribution is 9.10. The minimum atomic E-state index is -0.566. The van der Waals surface area contributed by atoms with Gasteiger partial charge in [-0.1, -0.05) is 22.0 Å². The number of hydrogen-bond donors (Lipinski definition) is 3. The number of halogens is 1. The molecule has 0 aliphatic heterocycles. The number of benzene rings is 1. The van der Waals surface area contributed by atoms with E-state index in [0.29, 0.717) is 5.75 Å². The van der Waals surface area contributed by atoms with Gasteiger partial charge in [-0.15, -0.1) is 0 Å². The van der Waals surface area contributed by atoms with E-state index in [1.165, 1.54) is 0 Å². The van der Waals surface area contributed by atoms with E-state index >= 15 is 0 Å². The van der Waals surface area contributed by atoms with Crippen LogP contribution in [-0.4, -0.2) is 30.9 Å². The molecule has 2 amide bonds. The SMILES string of the molecule is COc1cc(Br)ccc1C(C)NC(=O)NC[C@@H](C)O. The van der Waals surface area contributed by atoms with Crippen molar-refractivity contribution in [2.45, 2.75) is 26.0 Å². The molecule has 0 heterocycles. The van der Waals surface area contributed by atoms with Gasteiger partial charge in [0.25, 0.3) is 0 Å². The number of aliphatic hydroxyl groups is 1. The lowest BCUT2D eigenvalue weighted by Crippen LogP contribution is -2.40. The summed E-state index contributed by atoms with van der Waals surface area (Å²) in [6.45, 7) is 3.70. The highest BCUT2D eigenvalue weighted by Gasteiger charge is 2.14. The number of nitrogens with one attached hydrogen (secondary N) is 2. The van der Waals surface area contributed by atoms with Crippen molar-refractivity contribution in [3.8, 4) is 5.75 Å². The van der Waals surface area contributed by atoms with Crippen LogP contribution in [0.1, 0.15) is 25.5 Å². The maximum Gasteiger partial charge on any atom is 0.315 e. The lowest BCUT2D eigenvalue weighted by molar-refractivity contribution is 0.187. The molecule has 0 aliphatic rings. The Morgan fingerprint density at radius 1 is 1.47 bits per heavy atom. The Morgan fingerprint density at radius 2 is 2.16 bits per heavy atom. The minimum absolute atomic E-state index is 0.197. The zero-order valence-electron chi connectivity index (χ0n) is 11.2. The van der Waals surface area contributed by atoms with Gasteiger partial charge in [-0.2, -0.15) is 0 Å². The van der Waals surface area contributed by atoms with Crippen LogP contribution < -0.4 is 15.4 Å². The van der Waals surface area contributed by atoms with Gasteiger partial charge < -0.3 is 20.5 Å². The molecule has 0 aliphatic carbocycles. The van der Waals surface area contributed by atoms with Crippen LogP contribution in [0, 0.1) is 0 Å². The Labute approximate surface area is 121 Å². The van der Waals surface area contributed by atoms with E-state index in [1.54, 1.807) is 14.0 Å². The Morgan fingerprint density at radius 3 is 2.74 bits per heavy atom. The average Bonchev–Trinajstić information content (AvgIpc) is 2.35. The summed E-state index contributed by atoms with van der Waals surface area (Å²) < 4.78 is 6.20. The van der Waals surface area contributed by atoms with Crippen molar-refractivity contribution in [3.63, 3.8) is 0 Å². The smallest absolute Gasteiger partial charge is 0.315 e. The Hall–Kier alpha value is -1.27. The number of urea groups is 1. The predicted octanol–water partition coefficient (Wildman–Crippen LogP) is 2.20. The van der Waals surface area contributed by atoms with Crippen LogP contribution in [0.3, 0.4) is 0 Å². The van der Waals surface area contributed by atoms with E-state index in [0.717, 1.165) is 10.0 Å². The lowest BCUT2D eigenvalue weighted by atomic mass is 10.1. The first-order chi connectivity index (χ1) is 8.93. The summed E-state index contributed by atoms with van der Waals surface area (Å²) in [4.78, 5) is 11.6. The highest BCUT2D eigenvalue weighted by atomic mass is 79.9. The summed E-state index contributed by atoms with van der Waals surface area (Å²) in [6, 6.07) is 5.11. The van der Waals surface area contributed by atoms with Crippen LogP contribution in [0.15, 0.2) is 22.7 Å². The molecule has 19 heavy (non-hydrogen) atoms. The number of carbonyl (C=O) groups is 1. The maximum absolute atomic E-state index is 11.6. The zero-order chi connectivity index (χ0) is 14.4. The monoisotopic (exact) mass is 330 g/mol. The van der Waals surface area contributed by atoms with Gasteiger partial charge in [-0.25, -0.2) is 4.79 Å². The number of methoxy groups -OCH3 is 1. The number of rotatable bonds is 5. The molecule has 2 atom stereocenters. The van der Waals surface area contributed by atoms with Crippen molar-refractivity contribution in [2.24, 2.45) is 0 Å². The molecule has 1 aromatic rings. The minimum Gasteiger partial charge on any atom is -0.496 e. The third-order valence-electron chi connectivity index (χ3n) is 2.57. The van der Waals surface area contributed by atoms with Gasteiger partial charge in [-0.3, -0.25) is 0 Å². The first-order valence-electron chi connectivity index (χ1n) is 6.00. The molecule has 0 saturated heterocycles. The van der Waals surface area contributed by atoms with Gasteiger partial charge in [0.15, 0.2) is 0 Å². The molecule has 6 heteroatoms. The van der Waals surface area contributed by atoms with Gasteiger partial charge in [0.05, 0.1) is 19.3 Å². The van der Waals surface area contributed by atoms with Crippen LogP contribution in [0.2, 0.25) is 0 Å². The topological polar surface area (TPSA) is 70.6 Å². The van der Waals surface area contributed by atoms with E-state index in [1.807, 2.05) is 25.1 Å². The van der Waals surface area contributed by atoms with Gasteiger partial charge in [0.1, 0.15) is 5.75 Å². The summed E-state index contributed by atoms with van der Waals surface area (Å²) in [7, 11) is 1.59. The molecule has 0 saturated carbocycles. The Kier molecular flexibility index (Phi) is 6.11. The standard InChI is InChI=1S/C13H19BrN2O3/c1-8(17)7-15-13(18)16-9(2)11-5-4-10(14)6-12(11)19-3/h4-6,8-9,17H,7H2,1-3H3,(H2,15,16,18)/t8-,9?/m1/s1. The third-order valence-corrected chi connectivity index (χ3v) is 3.06. The van der Waals surface area contributed by atoms with E-state index < -0.39 is 6.10 Å². The second-order valence-electron chi connectivity index (χ2n) is 4.31. The van der Waals surface area contributed by atoms with Gasteiger partial charge in [-0.05, 0) is 26.0 Å². The molecule has 0 fully saturated rings. The third kappa shape index (κ3) is 5.08. The molecule has 0 aromatic heterocycles. The summed E-state index contributed by atoms with van der Waals surface area (Å²) in [5.41, 5.74) is 0.887. The molecular formula is C13H19BrN2O3. The van der Waals surface area contributed by atoms with Crippen molar-refractivity contribution in [1.29, 1.82) is 0 Å². The number of ether oxygens (including phenoxy) is 1. The molecular weight excluding hydrogens is 312 g/mol. The van der Waals surface area contributed by atoms with Crippen molar-refractivity contribution in [2.75, 3.05) is 13.7 Å². The van der Waals surface area contributed by atoms with Crippen molar-refractivity contribution in [1.82, 2.24) is 10.6 Å². The van der Waals surface area contributed by atoms with E-state index in [-0.39, 0.29) is 18.6 Å². The molecule has 3 N–H and O–H groups in total. The van der Waals surface area contributed by atoms with Crippen LogP contribution in [0.25, 0.3) is 0 Å². The number of aliphatic hydroxyl groups excluding tert-OH is 1. The normalized spacial score (nSPS) is 13.5. The van der Waals surface area contributed by atoms with Crippen LogP contribution >= 0.6 is 15.9 Å².